The molecule has 0 saturated carbocycles. The van der Waals surface area contributed by atoms with Crippen LogP contribution in [0.15, 0.2) is 168 Å². The topological polar surface area (TPSA) is 61.1 Å². The summed E-state index contributed by atoms with van der Waals surface area (Å²) in [6.45, 7) is 8.21. The van der Waals surface area contributed by atoms with E-state index in [4.69, 9.17) is 25.9 Å². The molecule has 0 aliphatic heterocycles. The highest BCUT2D eigenvalue weighted by molar-refractivity contribution is 6.11. The second kappa shape index (κ2) is 11.9. The molecule has 0 amide bonds. The molecule has 6 heteroatoms. The van der Waals surface area contributed by atoms with Crippen LogP contribution < -0.4 is 0 Å². The van der Waals surface area contributed by atoms with Crippen molar-refractivity contribution in [1.82, 2.24) is 19.5 Å². The van der Waals surface area contributed by atoms with Crippen molar-refractivity contribution in [2.24, 2.45) is 0 Å². The number of furan rings is 1. The maximum atomic E-state index is 8.21. The third-order valence-corrected chi connectivity index (χ3v) is 9.68. The van der Waals surface area contributed by atoms with Crippen LogP contribution in [0.4, 0.5) is 5.69 Å². The highest BCUT2D eigenvalue weighted by Crippen LogP contribution is 2.43. The SMILES string of the molecule is [C-]#[N+]c1cccc(-n2c3ccccc3c3ccccc32)c1-c1ccc2oc3ccc(-c4nc(-c5ccccc5)nc(-c5ccccc5)n4)cc3c2c1. The average Bonchev–Trinajstić information content (AvgIpc) is 3.76. The van der Waals surface area contributed by atoms with Crippen molar-refractivity contribution >= 4 is 49.4 Å². The normalized spacial score (nSPS) is 11.4. The van der Waals surface area contributed by atoms with Gasteiger partial charge in [-0.3, -0.25) is 0 Å². The monoisotopic (exact) mass is 665 g/mol. The molecule has 0 unspecified atom stereocenters. The molecule has 0 saturated heterocycles. The van der Waals surface area contributed by atoms with Crippen molar-refractivity contribution in [1.29, 1.82) is 0 Å². The van der Waals surface area contributed by atoms with E-state index in [-0.39, 0.29) is 0 Å². The lowest BCUT2D eigenvalue weighted by Crippen LogP contribution is -2.00. The first-order valence-electron chi connectivity index (χ1n) is 17.1. The molecule has 0 radical (unpaired) electrons. The summed E-state index contributed by atoms with van der Waals surface area (Å²) in [7, 11) is 0. The summed E-state index contributed by atoms with van der Waals surface area (Å²) in [4.78, 5) is 18.8. The van der Waals surface area contributed by atoms with Crippen LogP contribution in [0.2, 0.25) is 0 Å². The number of fused-ring (bicyclic) bond motifs is 6. The van der Waals surface area contributed by atoms with Gasteiger partial charge in [-0.15, -0.1) is 0 Å². The summed E-state index contributed by atoms with van der Waals surface area (Å²) in [5.41, 5.74) is 9.73. The molecule has 0 atom stereocenters. The lowest BCUT2D eigenvalue weighted by molar-refractivity contribution is 0.669. The molecule has 242 valence electrons. The van der Waals surface area contributed by atoms with E-state index in [1.807, 2.05) is 91.0 Å². The van der Waals surface area contributed by atoms with Crippen LogP contribution in [-0.4, -0.2) is 19.5 Å². The van der Waals surface area contributed by atoms with E-state index in [9.17, 15) is 0 Å². The Kier molecular flexibility index (Phi) is 6.76. The summed E-state index contributed by atoms with van der Waals surface area (Å²) >= 11 is 0. The number of hydrogen-bond acceptors (Lipinski definition) is 4. The van der Waals surface area contributed by atoms with Gasteiger partial charge in [0.15, 0.2) is 23.2 Å². The van der Waals surface area contributed by atoms with E-state index in [2.05, 4.69) is 82.2 Å². The Morgan fingerprint density at radius 1 is 0.442 bits per heavy atom. The minimum atomic E-state index is 0.576. The van der Waals surface area contributed by atoms with Crippen LogP contribution in [0, 0.1) is 6.57 Å². The van der Waals surface area contributed by atoms with E-state index in [1.54, 1.807) is 0 Å². The van der Waals surface area contributed by atoms with Crippen molar-refractivity contribution in [3.63, 3.8) is 0 Å². The number of hydrogen-bond donors (Lipinski definition) is 0. The summed E-state index contributed by atoms with van der Waals surface area (Å²) in [5.74, 6) is 1.79. The van der Waals surface area contributed by atoms with Crippen LogP contribution in [0.25, 0.3) is 99.6 Å². The standard InChI is InChI=1S/C46H27N5O/c1-47-37-19-12-22-40(51-38-20-10-8-17-33(38)34-18-9-11-21-39(34)51)43(37)31-23-25-41-35(27-31)36-28-32(24-26-42(36)52-41)46-49-44(29-13-4-2-5-14-29)48-45(50-46)30-15-6-3-7-16-30/h2-28H. The lowest BCUT2D eigenvalue weighted by atomic mass is 9.98. The fourth-order valence-electron chi connectivity index (χ4n) is 7.30. The Balaban J connectivity index is 1.17. The maximum Gasteiger partial charge on any atom is 0.196 e. The zero-order valence-electron chi connectivity index (χ0n) is 27.7. The van der Waals surface area contributed by atoms with Crippen molar-refractivity contribution < 1.29 is 4.42 Å². The van der Waals surface area contributed by atoms with Crippen molar-refractivity contribution in [2.45, 2.75) is 0 Å². The van der Waals surface area contributed by atoms with Crippen LogP contribution in [0.3, 0.4) is 0 Å². The molecule has 6 nitrogen and oxygen atoms in total. The highest BCUT2D eigenvalue weighted by atomic mass is 16.3. The van der Waals surface area contributed by atoms with Gasteiger partial charge in [-0.05, 0) is 54.1 Å². The number of nitrogens with zero attached hydrogens (tertiary/aromatic N) is 5. The van der Waals surface area contributed by atoms with Gasteiger partial charge in [0.2, 0.25) is 0 Å². The number of aromatic nitrogens is 4. The molecule has 3 heterocycles. The molecule has 0 aliphatic carbocycles. The number of rotatable bonds is 5. The molecule has 52 heavy (non-hydrogen) atoms. The summed E-state index contributed by atoms with van der Waals surface area (Å²) in [6, 6.07) is 55.1. The minimum Gasteiger partial charge on any atom is -0.456 e. The van der Waals surface area contributed by atoms with Crippen LogP contribution in [-0.2, 0) is 0 Å². The van der Waals surface area contributed by atoms with Gasteiger partial charge >= 0.3 is 0 Å². The smallest absolute Gasteiger partial charge is 0.196 e. The van der Waals surface area contributed by atoms with Gasteiger partial charge in [0.25, 0.3) is 0 Å². The second-order valence-corrected chi connectivity index (χ2v) is 12.7. The van der Waals surface area contributed by atoms with Crippen LogP contribution >= 0.6 is 0 Å². The Labute approximate surface area is 298 Å². The number of para-hydroxylation sites is 2. The van der Waals surface area contributed by atoms with Gasteiger partial charge in [-0.2, -0.15) is 0 Å². The van der Waals surface area contributed by atoms with E-state index in [1.165, 1.54) is 10.8 Å². The Morgan fingerprint density at radius 2 is 0.942 bits per heavy atom. The fraction of sp³-hybridized carbons (Fsp3) is 0. The first kappa shape index (κ1) is 29.5. The lowest BCUT2D eigenvalue weighted by Gasteiger charge is -2.16. The zero-order valence-corrected chi connectivity index (χ0v) is 27.7. The third kappa shape index (κ3) is 4.76. The first-order chi connectivity index (χ1) is 25.7. The minimum absolute atomic E-state index is 0.576. The molecule has 0 N–H and O–H groups in total. The molecule has 7 aromatic carbocycles. The van der Waals surface area contributed by atoms with Gasteiger partial charge in [0.1, 0.15) is 11.2 Å². The van der Waals surface area contributed by atoms with Crippen molar-refractivity contribution in [3.8, 4) is 51.0 Å². The van der Waals surface area contributed by atoms with Gasteiger partial charge in [0.05, 0.1) is 17.6 Å². The maximum absolute atomic E-state index is 8.21. The van der Waals surface area contributed by atoms with Gasteiger partial charge in [-0.25, -0.2) is 19.8 Å². The molecule has 0 aliphatic rings. The zero-order chi connectivity index (χ0) is 34.6. The van der Waals surface area contributed by atoms with Crippen LogP contribution in [0.1, 0.15) is 0 Å². The summed E-state index contributed by atoms with van der Waals surface area (Å²) < 4.78 is 8.65. The molecular weight excluding hydrogens is 639 g/mol. The second-order valence-electron chi connectivity index (χ2n) is 12.7. The molecular formula is C46H27N5O. The highest BCUT2D eigenvalue weighted by Gasteiger charge is 2.20. The van der Waals surface area contributed by atoms with E-state index >= 15 is 0 Å². The Bertz CT molecular complexity index is 2920. The van der Waals surface area contributed by atoms with Gasteiger partial charge in [0, 0.05) is 49.5 Å². The average molecular weight is 666 g/mol. The number of benzene rings is 7. The summed E-state index contributed by atoms with van der Waals surface area (Å²) in [6.07, 6.45) is 0. The van der Waals surface area contributed by atoms with Gasteiger partial charge in [-0.1, -0.05) is 115 Å². The van der Waals surface area contributed by atoms with E-state index in [0.717, 1.165) is 66.5 Å². The molecule has 10 rings (SSSR count). The third-order valence-electron chi connectivity index (χ3n) is 9.68. The van der Waals surface area contributed by atoms with Crippen LogP contribution in [0.5, 0.6) is 0 Å². The summed E-state index contributed by atoms with van der Waals surface area (Å²) in [5, 5.41) is 4.23. The molecule has 3 aromatic heterocycles. The molecule has 10 aromatic rings. The quantitative estimate of drug-likeness (QED) is 0.172. The Hall–Kier alpha value is -7.36. The largest absolute Gasteiger partial charge is 0.456 e. The van der Waals surface area contributed by atoms with Crippen molar-refractivity contribution in [3.05, 3.63) is 175 Å². The van der Waals surface area contributed by atoms with E-state index < -0.39 is 0 Å². The predicted molar refractivity (Wildman–Crippen MR) is 209 cm³/mol. The van der Waals surface area contributed by atoms with E-state index in [0.29, 0.717) is 23.2 Å². The molecule has 0 spiro atoms. The predicted octanol–water partition coefficient (Wildman–Crippen LogP) is 12.1. The first-order valence-corrected chi connectivity index (χ1v) is 17.1. The molecule has 0 fully saturated rings. The van der Waals surface area contributed by atoms with Gasteiger partial charge < -0.3 is 8.98 Å². The Morgan fingerprint density at radius 3 is 1.52 bits per heavy atom. The molecule has 0 bridgehead atoms. The van der Waals surface area contributed by atoms with Crippen molar-refractivity contribution in [2.75, 3.05) is 0 Å². The fourth-order valence-corrected chi connectivity index (χ4v) is 7.30.